The highest BCUT2D eigenvalue weighted by molar-refractivity contribution is 5.95. The van der Waals surface area contributed by atoms with Gasteiger partial charge in [0.1, 0.15) is 5.76 Å². The van der Waals surface area contributed by atoms with Crippen LogP contribution in [0.2, 0.25) is 0 Å². The van der Waals surface area contributed by atoms with Gasteiger partial charge in [0, 0.05) is 44.3 Å². The van der Waals surface area contributed by atoms with Crippen LogP contribution < -0.4 is 10.6 Å². The van der Waals surface area contributed by atoms with Gasteiger partial charge in [0.25, 0.3) is 0 Å². The maximum atomic E-state index is 11.9. The fourth-order valence-electron chi connectivity index (χ4n) is 2.88. The molecular weight excluding hydrogens is 310 g/mol. The fourth-order valence-corrected chi connectivity index (χ4v) is 2.88. The lowest BCUT2D eigenvalue weighted by molar-refractivity contribution is -0.121. The number of nitrogens with one attached hydrogen (secondary N) is 2. The number of amides is 3. The summed E-state index contributed by atoms with van der Waals surface area (Å²) in [4.78, 5) is 27.9. The molecule has 3 amide bonds. The maximum Gasteiger partial charge on any atom is 0.321 e. The first-order valence-electron chi connectivity index (χ1n) is 8.48. The number of imide groups is 1. The average Bonchev–Trinajstić information content (AvgIpc) is 3.29. The van der Waals surface area contributed by atoms with Crippen LogP contribution in [0.3, 0.4) is 0 Å². The number of hydrogen-bond acceptors (Lipinski definition) is 6. The number of hydrogen-bond donors (Lipinski definition) is 2. The Bertz CT molecular complexity index is 583. The average molecular weight is 335 g/mol. The normalized spacial score (nSPS) is 19.2. The molecule has 1 saturated carbocycles. The molecule has 2 aliphatic rings. The summed E-state index contributed by atoms with van der Waals surface area (Å²) in [5.74, 6) is 0.628. The highest BCUT2D eigenvalue weighted by Crippen LogP contribution is 2.18. The van der Waals surface area contributed by atoms with Gasteiger partial charge in [-0.15, -0.1) is 0 Å². The minimum atomic E-state index is -0.375. The molecular formula is C16H25N5O3. The van der Waals surface area contributed by atoms with Gasteiger partial charge in [-0.3, -0.25) is 19.9 Å². The zero-order chi connectivity index (χ0) is 17.1. The zero-order valence-corrected chi connectivity index (χ0v) is 14.3. The number of rotatable bonds is 5. The fraction of sp³-hybridized carbons (Fsp3) is 0.688. The molecule has 1 saturated heterocycles. The monoisotopic (exact) mass is 335 g/mol. The van der Waals surface area contributed by atoms with Crippen LogP contribution in [0, 0.1) is 13.8 Å². The predicted molar refractivity (Wildman–Crippen MR) is 87.4 cm³/mol. The molecule has 1 aliphatic carbocycles. The van der Waals surface area contributed by atoms with E-state index in [1.807, 2.05) is 13.8 Å². The first-order chi connectivity index (χ1) is 11.5. The summed E-state index contributed by atoms with van der Waals surface area (Å²) in [5, 5.41) is 9.13. The quantitative estimate of drug-likeness (QED) is 0.809. The Morgan fingerprint density at radius 1 is 1.17 bits per heavy atom. The lowest BCUT2D eigenvalue weighted by Gasteiger charge is -2.34. The van der Waals surface area contributed by atoms with Gasteiger partial charge < -0.3 is 9.84 Å². The zero-order valence-electron chi connectivity index (χ0n) is 14.3. The van der Waals surface area contributed by atoms with Crippen molar-refractivity contribution in [2.75, 3.05) is 32.7 Å². The molecule has 2 N–H and O–H groups in total. The summed E-state index contributed by atoms with van der Waals surface area (Å²) in [6.45, 7) is 8.35. The molecule has 1 aromatic rings. The molecule has 2 fully saturated rings. The van der Waals surface area contributed by atoms with Gasteiger partial charge >= 0.3 is 6.03 Å². The SMILES string of the molecule is Cc1noc(C)c1CN1CCN(CC(=O)NC(=O)NC2CC2)CC1. The molecule has 1 aliphatic heterocycles. The van der Waals surface area contributed by atoms with Crippen molar-refractivity contribution in [3.05, 3.63) is 17.0 Å². The molecule has 0 spiro atoms. The van der Waals surface area contributed by atoms with E-state index in [2.05, 4.69) is 25.6 Å². The van der Waals surface area contributed by atoms with Gasteiger partial charge in [-0.2, -0.15) is 0 Å². The highest BCUT2D eigenvalue weighted by Gasteiger charge is 2.25. The summed E-state index contributed by atoms with van der Waals surface area (Å²) >= 11 is 0. The van der Waals surface area contributed by atoms with E-state index in [0.29, 0.717) is 0 Å². The molecule has 3 rings (SSSR count). The van der Waals surface area contributed by atoms with Gasteiger partial charge in [-0.1, -0.05) is 5.16 Å². The molecule has 0 aromatic carbocycles. The van der Waals surface area contributed by atoms with Crippen LogP contribution in [0.1, 0.15) is 29.9 Å². The van der Waals surface area contributed by atoms with Crippen LogP contribution in [0.5, 0.6) is 0 Å². The molecule has 8 heteroatoms. The molecule has 1 aromatic heterocycles. The van der Waals surface area contributed by atoms with E-state index >= 15 is 0 Å². The summed E-state index contributed by atoms with van der Waals surface area (Å²) < 4.78 is 5.20. The van der Waals surface area contributed by atoms with E-state index in [4.69, 9.17) is 4.52 Å². The minimum Gasteiger partial charge on any atom is -0.361 e. The first kappa shape index (κ1) is 16.9. The third-order valence-corrected chi connectivity index (χ3v) is 4.56. The van der Waals surface area contributed by atoms with Crippen molar-refractivity contribution >= 4 is 11.9 Å². The Labute approximate surface area is 141 Å². The van der Waals surface area contributed by atoms with Gasteiger partial charge in [-0.05, 0) is 26.7 Å². The van der Waals surface area contributed by atoms with E-state index in [1.165, 1.54) is 0 Å². The van der Waals surface area contributed by atoms with Gasteiger partial charge in [0.2, 0.25) is 5.91 Å². The second kappa shape index (κ2) is 7.31. The van der Waals surface area contributed by atoms with Gasteiger partial charge in [0.15, 0.2) is 0 Å². The summed E-state index contributed by atoms with van der Waals surface area (Å²) in [7, 11) is 0. The number of urea groups is 1. The Kier molecular flexibility index (Phi) is 5.15. The molecule has 2 heterocycles. The molecule has 0 bridgehead atoms. The number of piperazine rings is 1. The second-order valence-electron chi connectivity index (χ2n) is 6.65. The van der Waals surface area contributed by atoms with Crippen molar-refractivity contribution in [1.29, 1.82) is 0 Å². The molecule has 0 radical (unpaired) electrons. The Morgan fingerprint density at radius 2 is 1.83 bits per heavy atom. The topological polar surface area (TPSA) is 90.7 Å². The molecule has 0 unspecified atom stereocenters. The number of aromatic nitrogens is 1. The van der Waals surface area contributed by atoms with Gasteiger partial charge in [-0.25, -0.2) is 4.79 Å². The van der Waals surface area contributed by atoms with E-state index in [0.717, 1.165) is 62.6 Å². The number of carbonyl (C=O) groups is 2. The van der Waals surface area contributed by atoms with E-state index in [-0.39, 0.29) is 24.5 Å². The highest BCUT2D eigenvalue weighted by atomic mass is 16.5. The van der Waals surface area contributed by atoms with Crippen LogP contribution in [-0.4, -0.2) is 65.7 Å². The predicted octanol–water partition coefficient (Wildman–Crippen LogP) is 0.397. The van der Waals surface area contributed by atoms with Crippen LogP contribution in [0.4, 0.5) is 4.79 Å². The lowest BCUT2D eigenvalue weighted by atomic mass is 10.2. The van der Waals surface area contributed by atoms with Crippen molar-refractivity contribution < 1.29 is 14.1 Å². The standard InChI is InChI=1S/C16H25N5O3/c1-11-14(12(2)24-19-11)9-20-5-7-21(8-6-20)10-15(22)18-16(23)17-13-3-4-13/h13H,3-10H2,1-2H3,(H2,17,18,22,23). The molecule has 0 atom stereocenters. The van der Waals surface area contributed by atoms with Crippen molar-refractivity contribution in [3.63, 3.8) is 0 Å². The van der Waals surface area contributed by atoms with Crippen molar-refractivity contribution in [1.82, 2.24) is 25.6 Å². The van der Waals surface area contributed by atoms with Crippen LogP contribution in [0.15, 0.2) is 4.52 Å². The largest absolute Gasteiger partial charge is 0.361 e. The Balaban J connectivity index is 1.38. The first-order valence-corrected chi connectivity index (χ1v) is 8.48. The van der Waals surface area contributed by atoms with Crippen LogP contribution in [0.25, 0.3) is 0 Å². The molecule has 24 heavy (non-hydrogen) atoms. The van der Waals surface area contributed by atoms with E-state index < -0.39 is 0 Å². The minimum absolute atomic E-state index is 0.243. The van der Waals surface area contributed by atoms with Gasteiger partial charge in [0.05, 0.1) is 12.2 Å². The third kappa shape index (κ3) is 4.55. The molecule has 8 nitrogen and oxygen atoms in total. The molecule has 132 valence electrons. The van der Waals surface area contributed by atoms with Crippen molar-refractivity contribution in [2.24, 2.45) is 0 Å². The van der Waals surface area contributed by atoms with Crippen LogP contribution >= 0.6 is 0 Å². The number of nitrogens with zero attached hydrogens (tertiary/aromatic N) is 3. The van der Waals surface area contributed by atoms with E-state index in [9.17, 15) is 9.59 Å². The van der Waals surface area contributed by atoms with E-state index in [1.54, 1.807) is 0 Å². The maximum absolute atomic E-state index is 11.9. The summed E-state index contributed by atoms with van der Waals surface area (Å²) in [6.07, 6.45) is 2.02. The summed E-state index contributed by atoms with van der Waals surface area (Å²) in [5.41, 5.74) is 2.09. The third-order valence-electron chi connectivity index (χ3n) is 4.56. The number of carbonyl (C=O) groups excluding carboxylic acids is 2. The van der Waals surface area contributed by atoms with Crippen molar-refractivity contribution in [3.8, 4) is 0 Å². The van der Waals surface area contributed by atoms with Crippen molar-refractivity contribution in [2.45, 2.75) is 39.3 Å². The smallest absolute Gasteiger partial charge is 0.321 e. The lowest BCUT2D eigenvalue weighted by Crippen LogP contribution is -2.51. The Morgan fingerprint density at radius 3 is 2.42 bits per heavy atom. The van der Waals surface area contributed by atoms with Crippen LogP contribution in [-0.2, 0) is 11.3 Å². The number of aryl methyl sites for hydroxylation is 2. The second-order valence-corrected chi connectivity index (χ2v) is 6.65. The summed E-state index contributed by atoms with van der Waals surface area (Å²) in [6, 6.07) is -0.120. The Hall–Kier alpha value is -1.93.